The maximum absolute atomic E-state index is 14.1. The predicted molar refractivity (Wildman–Crippen MR) is 248 cm³/mol. The third-order valence-corrected chi connectivity index (χ3v) is 10.1. The Labute approximate surface area is 393 Å². The summed E-state index contributed by atoms with van der Waals surface area (Å²) in [6, 6.07) is 3.50. The molecule has 0 aliphatic heterocycles. The predicted octanol–water partition coefficient (Wildman–Crippen LogP) is -3.03. The van der Waals surface area contributed by atoms with Crippen LogP contribution in [0.4, 0.5) is 0 Å². The van der Waals surface area contributed by atoms with Crippen LogP contribution in [0.15, 0.2) is 53.5 Å². The highest BCUT2D eigenvalue weighted by atomic mass is 16.4. The van der Waals surface area contributed by atoms with Crippen molar-refractivity contribution in [2.24, 2.45) is 39.8 Å². The monoisotopic (exact) mass is 954 g/mol. The Bertz CT molecular complexity index is 2080. The van der Waals surface area contributed by atoms with E-state index in [1.807, 2.05) is 0 Å². The smallest absolute Gasteiger partial charge is 0.326 e. The molecule has 0 aliphatic carbocycles. The highest BCUT2D eigenvalue weighted by Gasteiger charge is 2.34. The second kappa shape index (κ2) is 28.5. The molecule has 18 N–H and O–H groups in total. The lowest BCUT2D eigenvalue weighted by Crippen LogP contribution is -2.60. The van der Waals surface area contributed by atoms with Crippen LogP contribution in [0.3, 0.4) is 0 Å². The lowest BCUT2D eigenvalue weighted by Gasteiger charge is -2.28. The minimum absolute atomic E-state index is 0.0611. The Morgan fingerprint density at radius 1 is 0.588 bits per heavy atom. The molecule has 68 heavy (non-hydrogen) atoms. The number of amides is 8. The summed E-state index contributed by atoms with van der Waals surface area (Å²) in [6.45, 7) is 5.70. The number of carbonyl (C=O) groups is 9. The summed E-state index contributed by atoms with van der Waals surface area (Å²) < 4.78 is 0. The standard InChI is InChI=1S/C44H66N12O12/c1-23(2)18-33(43(67)68)53-36(61)22-51-39(63)30(15-16-34(46)59)54-40(64)32(20-26-9-13-28(58)14-10-26)55-42(66)37(24(3)4)56-41(65)31(19-25-7-11-27(57)12-8-25)52-35(60)21-50-38(62)29(45)6-5-17-49-44(47)48/h7-14,23-24,29-33,37,57-58H,5-6,15-22,45H2,1-4H3,(H2,46,59)(H,50,62)(H,51,63)(H,52,60)(H,53,61)(H,54,64)(H,55,66)(H,56,65)(H,67,68)(H4,47,48,49)/t29-,30-,31-,32-,33-,37-/m0/s1. The maximum atomic E-state index is 14.1. The summed E-state index contributed by atoms with van der Waals surface area (Å²) in [7, 11) is 0. The van der Waals surface area contributed by atoms with Gasteiger partial charge in [0.05, 0.1) is 19.1 Å². The van der Waals surface area contributed by atoms with Gasteiger partial charge >= 0.3 is 5.97 Å². The van der Waals surface area contributed by atoms with Crippen LogP contribution in [0.1, 0.15) is 70.9 Å². The lowest BCUT2D eigenvalue weighted by molar-refractivity contribution is -0.142. The molecule has 0 spiro atoms. The van der Waals surface area contributed by atoms with Crippen LogP contribution < -0.4 is 60.2 Å². The van der Waals surface area contributed by atoms with Crippen molar-refractivity contribution in [1.82, 2.24) is 37.2 Å². The summed E-state index contributed by atoms with van der Waals surface area (Å²) in [5.41, 5.74) is 22.8. The Morgan fingerprint density at radius 3 is 1.53 bits per heavy atom. The number of primary amides is 1. The molecule has 24 nitrogen and oxygen atoms in total. The number of nitrogens with zero attached hydrogens (tertiary/aromatic N) is 1. The fourth-order valence-electron chi connectivity index (χ4n) is 6.46. The van der Waals surface area contributed by atoms with Crippen molar-refractivity contribution < 1.29 is 58.5 Å². The van der Waals surface area contributed by atoms with E-state index in [1.54, 1.807) is 27.7 Å². The summed E-state index contributed by atoms with van der Waals surface area (Å²) in [5.74, 6) is -8.95. The minimum Gasteiger partial charge on any atom is -0.508 e. The van der Waals surface area contributed by atoms with E-state index in [-0.39, 0.29) is 68.4 Å². The first-order valence-electron chi connectivity index (χ1n) is 21.9. The van der Waals surface area contributed by atoms with Crippen LogP contribution in [0.25, 0.3) is 0 Å². The molecule has 8 amide bonds. The summed E-state index contributed by atoms with van der Waals surface area (Å²) >= 11 is 0. The number of benzene rings is 2. The highest BCUT2D eigenvalue weighted by Crippen LogP contribution is 2.15. The van der Waals surface area contributed by atoms with Crippen molar-refractivity contribution >= 4 is 59.2 Å². The van der Waals surface area contributed by atoms with Crippen LogP contribution in [0.5, 0.6) is 11.5 Å². The first-order valence-corrected chi connectivity index (χ1v) is 21.9. The number of aromatic hydroxyl groups is 2. The van der Waals surface area contributed by atoms with Crippen molar-refractivity contribution in [2.75, 3.05) is 19.6 Å². The van der Waals surface area contributed by atoms with E-state index in [0.717, 1.165) is 0 Å². The van der Waals surface area contributed by atoms with Gasteiger partial charge in [-0.15, -0.1) is 0 Å². The Hall–Kier alpha value is -7.50. The van der Waals surface area contributed by atoms with Gasteiger partial charge in [-0.3, -0.25) is 43.3 Å². The molecule has 0 aromatic heterocycles. The third-order valence-electron chi connectivity index (χ3n) is 10.1. The Kier molecular flexibility index (Phi) is 23.7. The molecular weight excluding hydrogens is 889 g/mol. The Morgan fingerprint density at radius 2 is 1.06 bits per heavy atom. The molecule has 2 rings (SSSR count). The second-order valence-corrected chi connectivity index (χ2v) is 16.8. The van der Waals surface area contributed by atoms with Crippen molar-refractivity contribution in [3.8, 4) is 11.5 Å². The zero-order valence-electron chi connectivity index (χ0n) is 38.6. The fraction of sp³-hybridized carbons (Fsp3) is 0.500. The molecule has 0 aliphatic rings. The number of carbonyl (C=O) groups excluding carboxylic acids is 8. The molecule has 0 saturated carbocycles. The van der Waals surface area contributed by atoms with E-state index in [1.165, 1.54) is 48.5 Å². The van der Waals surface area contributed by atoms with E-state index in [2.05, 4.69) is 42.2 Å². The van der Waals surface area contributed by atoms with Crippen molar-refractivity contribution in [2.45, 2.75) is 109 Å². The SMILES string of the molecule is CC(C)C[C@H](NC(=O)CNC(=O)[C@H](CCC(N)=O)NC(=O)[C@H](Cc1ccc(O)cc1)NC(=O)[C@@H](NC(=O)[C@H](Cc1ccc(O)cc1)NC(=O)CNC(=O)[C@@H](N)CCCN=C(N)N)C(C)C)C(=O)O. The van der Waals surface area contributed by atoms with Crippen molar-refractivity contribution in [3.63, 3.8) is 0 Å². The number of aliphatic imine (C=N–C) groups is 1. The number of guanidine groups is 1. The topological polar surface area (TPSA) is 415 Å². The molecular formula is C44H66N12O12. The van der Waals surface area contributed by atoms with E-state index < -0.39 is 108 Å². The first kappa shape index (κ1) is 56.6. The molecule has 374 valence electrons. The molecule has 0 unspecified atom stereocenters. The summed E-state index contributed by atoms with van der Waals surface area (Å²) in [4.78, 5) is 121. The Balaban J connectivity index is 2.34. The first-order chi connectivity index (χ1) is 31.9. The van der Waals surface area contributed by atoms with E-state index in [0.29, 0.717) is 17.5 Å². The fourth-order valence-corrected chi connectivity index (χ4v) is 6.46. The van der Waals surface area contributed by atoms with Crippen LogP contribution in [0, 0.1) is 11.8 Å². The van der Waals surface area contributed by atoms with Gasteiger partial charge in [0.1, 0.15) is 41.7 Å². The number of hydrogen-bond donors (Lipinski definition) is 14. The maximum Gasteiger partial charge on any atom is 0.326 e. The highest BCUT2D eigenvalue weighted by molar-refractivity contribution is 5.97. The zero-order chi connectivity index (χ0) is 51.1. The second-order valence-electron chi connectivity index (χ2n) is 16.8. The number of nitrogens with two attached hydrogens (primary N) is 4. The average molecular weight is 955 g/mol. The van der Waals surface area contributed by atoms with Crippen LogP contribution >= 0.6 is 0 Å². The molecule has 2 aromatic rings. The van der Waals surface area contributed by atoms with Gasteiger partial charge in [0.25, 0.3) is 0 Å². The van der Waals surface area contributed by atoms with Crippen LogP contribution in [-0.4, -0.2) is 130 Å². The molecule has 0 saturated heterocycles. The van der Waals surface area contributed by atoms with Gasteiger partial charge in [-0.25, -0.2) is 4.79 Å². The number of aliphatic carboxylic acids is 1. The molecule has 0 radical (unpaired) electrons. The van der Waals surface area contributed by atoms with E-state index >= 15 is 0 Å². The van der Waals surface area contributed by atoms with Crippen LogP contribution in [0.2, 0.25) is 0 Å². The molecule has 0 fully saturated rings. The number of carboxylic acids is 1. The zero-order valence-corrected chi connectivity index (χ0v) is 38.6. The van der Waals surface area contributed by atoms with Crippen LogP contribution in [-0.2, 0) is 56.0 Å². The molecule has 2 aromatic carbocycles. The lowest BCUT2D eigenvalue weighted by atomic mass is 9.99. The van der Waals surface area contributed by atoms with Crippen molar-refractivity contribution in [1.29, 1.82) is 0 Å². The average Bonchev–Trinajstić information content (AvgIpc) is 3.26. The van der Waals surface area contributed by atoms with Gasteiger partial charge in [0.2, 0.25) is 47.3 Å². The van der Waals surface area contributed by atoms with Gasteiger partial charge in [0, 0.05) is 25.8 Å². The largest absolute Gasteiger partial charge is 0.508 e. The molecule has 0 heterocycles. The van der Waals surface area contributed by atoms with Gasteiger partial charge in [-0.1, -0.05) is 52.0 Å². The number of phenols is 2. The number of carboxylic acid groups (broad SMARTS) is 1. The minimum atomic E-state index is -1.49. The summed E-state index contributed by atoms with van der Waals surface area (Å²) in [6.07, 6.45) is -0.386. The van der Waals surface area contributed by atoms with Gasteiger partial charge in [-0.2, -0.15) is 0 Å². The van der Waals surface area contributed by atoms with Gasteiger partial charge in [0.15, 0.2) is 5.96 Å². The quantitative estimate of drug-likeness (QED) is 0.0219. The molecule has 6 atom stereocenters. The molecule has 0 bridgehead atoms. The number of nitrogens with one attached hydrogen (secondary N) is 7. The molecule has 24 heteroatoms. The van der Waals surface area contributed by atoms with Gasteiger partial charge in [-0.05, 0) is 72.9 Å². The normalized spacial score (nSPS) is 13.6. The van der Waals surface area contributed by atoms with Gasteiger partial charge < -0.3 is 75.5 Å². The summed E-state index contributed by atoms with van der Waals surface area (Å²) in [5, 5.41) is 46.5. The van der Waals surface area contributed by atoms with E-state index in [9.17, 15) is 58.5 Å². The van der Waals surface area contributed by atoms with E-state index in [4.69, 9.17) is 22.9 Å². The van der Waals surface area contributed by atoms with Crippen molar-refractivity contribution in [3.05, 3.63) is 59.7 Å². The third kappa shape index (κ3) is 21.7. The number of hydrogen-bond acceptors (Lipinski definition) is 13. The number of rotatable bonds is 29. The number of phenolic OH excluding ortho intramolecular Hbond substituents is 2.